The van der Waals surface area contributed by atoms with Crippen molar-refractivity contribution in [1.29, 1.82) is 0 Å². The topological polar surface area (TPSA) is 98.0 Å². The Morgan fingerprint density at radius 3 is 2.47 bits per heavy atom. The van der Waals surface area contributed by atoms with E-state index in [0.29, 0.717) is 31.1 Å². The van der Waals surface area contributed by atoms with Crippen LogP contribution in [0.25, 0.3) is 0 Å². The Hall–Kier alpha value is -0.750. The molecule has 182 valence electrons. The van der Waals surface area contributed by atoms with E-state index >= 15 is 0 Å². The predicted molar refractivity (Wildman–Crippen MR) is 124 cm³/mol. The summed E-state index contributed by atoms with van der Waals surface area (Å²) in [4.78, 5) is 13.2. The van der Waals surface area contributed by atoms with E-state index in [9.17, 15) is 25.2 Å². The summed E-state index contributed by atoms with van der Waals surface area (Å²) in [7, 11) is 0. The van der Waals surface area contributed by atoms with Crippen molar-refractivity contribution in [2.75, 3.05) is 0 Å². The quantitative estimate of drug-likeness (QED) is 0.513. The molecule has 4 N–H and O–H groups in total. The van der Waals surface area contributed by atoms with Gasteiger partial charge in [-0.05, 0) is 93.6 Å². The first-order valence-corrected chi connectivity index (χ1v) is 12.8. The van der Waals surface area contributed by atoms with Gasteiger partial charge in [-0.3, -0.25) is 4.79 Å². The number of fused-ring (bicyclic) bond motifs is 5. The number of carbonyl (C=O) groups is 1. The molecule has 4 aliphatic carbocycles. The zero-order valence-electron chi connectivity index (χ0n) is 20.6. The summed E-state index contributed by atoms with van der Waals surface area (Å²) >= 11 is 0. The lowest BCUT2D eigenvalue weighted by molar-refractivity contribution is -0.153. The van der Waals surface area contributed by atoms with Gasteiger partial charge in [-0.15, -0.1) is 0 Å². The SMILES string of the molecule is CC(CCCC(C)(C)O)[C@H]1CC[C@@]2(O)C3=CC(=O)[C@@H]4C[C@@H](O)[C@@H](O)C[C@]4(C)C3CC[C@]12C. The van der Waals surface area contributed by atoms with Crippen LogP contribution in [0, 0.1) is 34.5 Å². The molecule has 0 bridgehead atoms. The molecule has 4 rings (SSSR count). The molecule has 0 aliphatic heterocycles. The summed E-state index contributed by atoms with van der Waals surface area (Å²) in [5.74, 6) is 0.651. The van der Waals surface area contributed by atoms with E-state index in [4.69, 9.17) is 0 Å². The average Bonchev–Trinajstić information content (AvgIpc) is 2.95. The molecule has 4 aliphatic rings. The van der Waals surface area contributed by atoms with Crippen LogP contribution in [0.3, 0.4) is 0 Å². The van der Waals surface area contributed by atoms with Crippen molar-refractivity contribution >= 4 is 5.78 Å². The number of hydrogen-bond acceptors (Lipinski definition) is 5. The van der Waals surface area contributed by atoms with Gasteiger partial charge in [-0.25, -0.2) is 0 Å². The maximum absolute atomic E-state index is 13.2. The number of carbonyl (C=O) groups excluding carboxylic acids is 1. The highest BCUT2D eigenvalue weighted by molar-refractivity contribution is 5.95. The average molecular weight is 449 g/mol. The second-order valence-electron chi connectivity index (χ2n) is 12.8. The van der Waals surface area contributed by atoms with Gasteiger partial charge in [0.15, 0.2) is 5.78 Å². The number of allylic oxidation sites excluding steroid dienone is 1. The smallest absolute Gasteiger partial charge is 0.159 e. The molecule has 3 saturated carbocycles. The normalized spacial score (nSPS) is 47.3. The van der Waals surface area contributed by atoms with Crippen LogP contribution in [0.1, 0.15) is 92.4 Å². The Balaban J connectivity index is 1.60. The summed E-state index contributed by atoms with van der Waals surface area (Å²) in [5.41, 5.74) is -1.39. The number of hydrogen-bond donors (Lipinski definition) is 4. The van der Waals surface area contributed by atoms with Gasteiger partial charge in [0.25, 0.3) is 0 Å². The van der Waals surface area contributed by atoms with E-state index in [2.05, 4.69) is 20.8 Å². The summed E-state index contributed by atoms with van der Waals surface area (Å²) in [6.07, 6.45) is 7.07. The first kappa shape index (κ1) is 24.4. The van der Waals surface area contributed by atoms with E-state index in [0.717, 1.165) is 44.1 Å². The molecule has 0 heterocycles. The monoisotopic (exact) mass is 448 g/mol. The lowest BCUT2D eigenvalue weighted by Crippen LogP contribution is -2.60. The van der Waals surface area contributed by atoms with Crippen molar-refractivity contribution in [3.63, 3.8) is 0 Å². The highest BCUT2D eigenvalue weighted by Crippen LogP contribution is 2.68. The van der Waals surface area contributed by atoms with Crippen LogP contribution in [0.2, 0.25) is 0 Å². The molecule has 0 aromatic carbocycles. The first-order valence-electron chi connectivity index (χ1n) is 12.8. The molecule has 32 heavy (non-hydrogen) atoms. The zero-order chi connectivity index (χ0) is 23.7. The molecule has 2 unspecified atom stereocenters. The molecule has 0 radical (unpaired) electrons. The largest absolute Gasteiger partial charge is 0.390 e. The highest BCUT2D eigenvalue weighted by Gasteiger charge is 2.66. The van der Waals surface area contributed by atoms with Gasteiger partial charge < -0.3 is 20.4 Å². The van der Waals surface area contributed by atoms with Crippen molar-refractivity contribution < 1.29 is 25.2 Å². The molecule has 0 amide bonds. The van der Waals surface area contributed by atoms with Crippen LogP contribution < -0.4 is 0 Å². The van der Waals surface area contributed by atoms with E-state index in [1.807, 2.05) is 13.8 Å². The molecule has 0 saturated heterocycles. The van der Waals surface area contributed by atoms with Crippen LogP contribution in [0.5, 0.6) is 0 Å². The number of ketones is 1. The molecule has 0 spiro atoms. The minimum atomic E-state index is -0.976. The highest BCUT2D eigenvalue weighted by atomic mass is 16.3. The van der Waals surface area contributed by atoms with Gasteiger partial charge in [-0.2, -0.15) is 0 Å². The molecule has 9 atom stereocenters. The standard InChI is InChI=1S/C27H44O5/c1-16(7-6-10-24(2,3)31)17-9-12-27(32)19-13-21(28)20-14-22(29)23(30)15-25(20,4)18(19)8-11-26(17,27)5/h13,16-18,20,22-23,29-32H,6-12,14-15H2,1-5H3/t16?,17-,18?,20+,22-,23+,25-,26-,27-/m1/s1. The van der Waals surface area contributed by atoms with E-state index < -0.39 is 28.8 Å². The predicted octanol–water partition coefficient (Wildman–Crippen LogP) is 3.77. The van der Waals surface area contributed by atoms with Crippen molar-refractivity contribution in [3.05, 3.63) is 11.6 Å². The van der Waals surface area contributed by atoms with Crippen LogP contribution in [0.4, 0.5) is 0 Å². The lowest BCUT2D eigenvalue weighted by atomic mass is 9.46. The molecule has 0 aromatic rings. The second-order valence-corrected chi connectivity index (χ2v) is 12.8. The van der Waals surface area contributed by atoms with Gasteiger partial charge in [0.05, 0.1) is 23.4 Å². The van der Waals surface area contributed by atoms with Crippen molar-refractivity contribution in [3.8, 4) is 0 Å². The van der Waals surface area contributed by atoms with Crippen molar-refractivity contribution in [2.24, 2.45) is 34.5 Å². The summed E-state index contributed by atoms with van der Waals surface area (Å²) in [6, 6.07) is 0. The zero-order valence-corrected chi connectivity index (χ0v) is 20.6. The first-order chi connectivity index (χ1) is 14.7. The summed E-state index contributed by atoms with van der Waals surface area (Å²) in [5, 5.41) is 42.9. The minimum absolute atomic E-state index is 0.0176. The molecule has 3 fully saturated rings. The number of aliphatic hydroxyl groups excluding tert-OH is 2. The lowest BCUT2D eigenvalue weighted by Gasteiger charge is -2.60. The summed E-state index contributed by atoms with van der Waals surface area (Å²) in [6.45, 7) is 10.3. The van der Waals surface area contributed by atoms with Crippen LogP contribution in [0.15, 0.2) is 11.6 Å². The number of rotatable bonds is 5. The third-order valence-electron chi connectivity index (χ3n) is 10.3. The van der Waals surface area contributed by atoms with E-state index in [-0.39, 0.29) is 23.0 Å². The van der Waals surface area contributed by atoms with Crippen LogP contribution in [-0.4, -0.2) is 49.6 Å². The van der Waals surface area contributed by atoms with Crippen LogP contribution in [-0.2, 0) is 4.79 Å². The Kier molecular flexibility index (Phi) is 6.02. The maximum atomic E-state index is 13.2. The molecular formula is C27H44O5. The molecule has 5 nitrogen and oxygen atoms in total. The van der Waals surface area contributed by atoms with Gasteiger partial charge in [0.2, 0.25) is 0 Å². The molecule has 0 aromatic heterocycles. The Labute approximate surface area is 193 Å². The van der Waals surface area contributed by atoms with E-state index in [1.54, 1.807) is 6.08 Å². The van der Waals surface area contributed by atoms with Crippen molar-refractivity contribution in [2.45, 2.75) is 116 Å². The molecule has 5 heteroatoms. The minimum Gasteiger partial charge on any atom is -0.390 e. The van der Waals surface area contributed by atoms with Gasteiger partial charge >= 0.3 is 0 Å². The van der Waals surface area contributed by atoms with Gasteiger partial charge in [-0.1, -0.05) is 33.6 Å². The Morgan fingerprint density at radius 1 is 1.12 bits per heavy atom. The van der Waals surface area contributed by atoms with Crippen molar-refractivity contribution in [1.82, 2.24) is 0 Å². The maximum Gasteiger partial charge on any atom is 0.159 e. The van der Waals surface area contributed by atoms with Crippen LogP contribution >= 0.6 is 0 Å². The fraction of sp³-hybridized carbons (Fsp3) is 0.889. The molecular weight excluding hydrogens is 404 g/mol. The fourth-order valence-corrected chi connectivity index (χ4v) is 8.38. The summed E-state index contributed by atoms with van der Waals surface area (Å²) < 4.78 is 0. The Morgan fingerprint density at radius 2 is 1.81 bits per heavy atom. The number of aliphatic hydroxyl groups is 4. The third-order valence-corrected chi connectivity index (χ3v) is 10.3. The van der Waals surface area contributed by atoms with E-state index in [1.165, 1.54) is 0 Å². The van der Waals surface area contributed by atoms with Gasteiger partial charge in [0.1, 0.15) is 0 Å². The Bertz CT molecular complexity index is 783. The third kappa shape index (κ3) is 3.62. The fourth-order valence-electron chi connectivity index (χ4n) is 8.38. The second kappa shape index (κ2) is 7.90. The van der Waals surface area contributed by atoms with Gasteiger partial charge in [0, 0.05) is 11.3 Å².